The van der Waals surface area contributed by atoms with E-state index in [2.05, 4.69) is 4.98 Å². The lowest BCUT2D eigenvalue weighted by Crippen LogP contribution is -2.59. The maximum atomic E-state index is 13.2. The molecule has 0 bridgehead atoms. The predicted molar refractivity (Wildman–Crippen MR) is 135 cm³/mol. The monoisotopic (exact) mass is 520 g/mol. The lowest BCUT2D eigenvalue weighted by atomic mass is 10.1. The number of likely N-dealkylation sites (tertiary alicyclic amines) is 1. The number of nitrogens with zero attached hydrogens (tertiary/aromatic N) is 4. The summed E-state index contributed by atoms with van der Waals surface area (Å²) in [6.45, 7) is 9.91. The topological polar surface area (TPSA) is 111 Å². The summed E-state index contributed by atoms with van der Waals surface area (Å²) in [6, 6.07) is 3.12. The van der Waals surface area contributed by atoms with Crippen molar-refractivity contribution in [2.45, 2.75) is 71.1 Å². The molecule has 2 aliphatic rings. The lowest BCUT2D eigenvalue weighted by molar-refractivity contribution is -0.0170. The number of aromatic nitrogens is 1. The van der Waals surface area contributed by atoms with Crippen molar-refractivity contribution in [2.24, 2.45) is 0 Å². The summed E-state index contributed by atoms with van der Waals surface area (Å²) < 4.78 is 22.5. The normalized spacial score (nSPS) is 18.8. The number of ether oxygens (including phenoxy) is 4. The highest BCUT2D eigenvalue weighted by Crippen LogP contribution is 2.21. The van der Waals surface area contributed by atoms with Crippen molar-refractivity contribution in [1.29, 1.82) is 0 Å². The van der Waals surface area contributed by atoms with E-state index in [0.717, 1.165) is 12.8 Å². The summed E-state index contributed by atoms with van der Waals surface area (Å²) in [5, 5.41) is 0. The third-order valence-corrected chi connectivity index (χ3v) is 6.14. The smallest absolute Gasteiger partial charge is 0.410 e. The minimum Gasteiger partial charge on any atom is -0.490 e. The molecule has 37 heavy (non-hydrogen) atoms. The average Bonchev–Trinajstić information content (AvgIpc) is 2.87. The fourth-order valence-electron chi connectivity index (χ4n) is 4.12. The van der Waals surface area contributed by atoms with Crippen LogP contribution in [0.1, 0.15) is 53.4 Å². The number of hydrogen-bond acceptors (Lipinski definition) is 8. The Morgan fingerprint density at radius 2 is 1.78 bits per heavy atom. The van der Waals surface area contributed by atoms with Gasteiger partial charge in [0.2, 0.25) is 0 Å². The zero-order valence-corrected chi connectivity index (χ0v) is 22.4. The van der Waals surface area contributed by atoms with Crippen molar-refractivity contribution < 1.29 is 33.3 Å². The molecule has 0 aliphatic carbocycles. The van der Waals surface area contributed by atoms with Gasteiger partial charge in [-0.3, -0.25) is 9.88 Å². The first-order chi connectivity index (χ1) is 17.7. The molecule has 0 N–H and O–H groups in total. The number of carbonyl (C=O) groups is 3. The molecule has 1 aromatic rings. The van der Waals surface area contributed by atoms with Crippen LogP contribution >= 0.6 is 0 Å². The number of piperidine rings is 1. The molecular weight excluding hydrogens is 480 g/mol. The van der Waals surface area contributed by atoms with Crippen LogP contribution in [0.25, 0.3) is 0 Å². The van der Waals surface area contributed by atoms with E-state index in [0.29, 0.717) is 51.4 Å². The van der Waals surface area contributed by atoms with Crippen molar-refractivity contribution in [3.05, 3.63) is 24.5 Å². The maximum Gasteiger partial charge on any atom is 0.410 e. The van der Waals surface area contributed by atoms with E-state index in [1.54, 1.807) is 39.2 Å². The van der Waals surface area contributed by atoms with Crippen LogP contribution in [-0.4, -0.2) is 102 Å². The van der Waals surface area contributed by atoms with E-state index in [4.69, 9.17) is 18.9 Å². The second-order valence-corrected chi connectivity index (χ2v) is 10.3. The third-order valence-electron chi connectivity index (χ3n) is 6.14. The molecule has 1 atom stereocenters. The van der Waals surface area contributed by atoms with E-state index < -0.39 is 23.8 Å². The Bertz CT molecular complexity index is 885. The zero-order valence-electron chi connectivity index (χ0n) is 22.4. The number of piperazine rings is 1. The molecule has 0 aromatic carbocycles. The molecule has 3 heterocycles. The summed E-state index contributed by atoms with van der Waals surface area (Å²) in [5.74, 6) is 0.573. The Morgan fingerprint density at radius 3 is 2.43 bits per heavy atom. The summed E-state index contributed by atoms with van der Waals surface area (Å²) in [5.41, 5.74) is -0.619. The number of hydrogen-bond donors (Lipinski definition) is 0. The molecule has 1 aromatic heterocycles. The fraction of sp³-hybridized carbons (Fsp3) is 0.692. The van der Waals surface area contributed by atoms with E-state index in [1.807, 2.05) is 27.7 Å². The molecule has 0 radical (unpaired) electrons. The van der Waals surface area contributed by atoms with Gasteiger partial charge in [-0.1, -0.05) is 13.3 Å². The number of rotatable bonds is 7. The second-order valence-electron chi connectivity index (χ2n) is 10.3. The first-order valence-corrected chi connectivity index (χ1v) is 13.1. The van der Waals surface area contributed by atoms with E-state index in [1.165, 1.54) is 0 Å². The third kappa shape index (κ3) is 8.98. The number of carbonyl (C=O) groups excluding carboxylic acids is 3. The van der Waals surface area contributed by atoms with Crippen LogP contribution in [-0.2, 0) is 14.2 Å². The molecule has 2 saturated heterocycles. The van der Waals surface area contributed by atoms with Gasteiger partial charge in [-0.25, -0.2) is 14.4 Å². The SMILES string of the molecule is CCCCOC(=O)N1CCC(OC(=O)N2CCN(C(=O)OC(C)(C)C)CC2COc2cccnc2)CC1. The van der Waals surface area contributed by atoms with Gasteiger partial charge in [-0.2, -0.15) is 0 Å². The quantitative estimate of drug-likeness (QED) is 0.393. The molecular formula is C26H40N4O7. The van der Waals surface area contributed by atoms with Gasteiger partial charge in [0.15, 0.2) is 0 Å². The molecule has 3 rings (SSSR count). The number of unbranched alkanes of at least 4 members (excludes halogenated alkanes) is 1. The maximum absolute atomic E-state index is 13.2. The minimum absolute atomic E-state index is 0.169. The highest BCUT2D eigenvalue weighted by Gasteiger charge is 2.37. The van der Waals surface area contributed by atoms with Crippen molar-refractivity contribution in [1.82, 2.24) is 19.7 Å². The Morgan fingerprint density at radius 1 is 1.03 bits per heavy atom. The number of amides is 3. The molecule has 11 nitrogen and oxygen atoms in total. The van der Waals surface area contributed by atoms with E-state index in [-0.39, 0.29) is 25.3 Å². The molecule has 0 saturated carbocycles. The van der Waals surface area contributed by atoms with Crippen LogP contribution in [0.15, 0.2) is 24.5 Å². The van der Waals surface area contributed by atoms with Gasteiger partial charge in [0, 0.05) is 51.8 Å². The summed E-state index contributed by atoms with van der Waals surface area (Å²) in [6.07, 6.45) is 4.65. The van der Waals surface area contributed by atoms with Crippen molar-refractivity contribution >= 4 is 18.3 Å². The van der Waals surface area contributed by atoms with Crippen LogP contribution in [0.2, 0.25) is 0 Å². The molecule has 206 valence electrons. The molecule has 2 fully saturated rings. The second kappa shape index (κ2) is 13.3. The number of pyridine rings is 1. The van der Waals surface area contributed by atoms with Crippen molar-refractivity contribution in [2.75, 3.05) is 45.9 Å². The van der Waals surface area contributed by atoms with Crippen LogP contribution in [0.5, 0.6) is 5.75 Å². The van der Waals surface area contributed by atoms with Gasteiger partial charge in [-0.05, 0) is 39.3 Å². The first kappa shape index (κ1) is 28.3. The van der Waals surface area contributed by atoms with E-state index >= 15 is 0 Å². The Balaban J connectivity index is 1.56. The van der Waals surface area contributed by atoms with Gasteiger partial charge in [0.1, 0.15) is 24.1 Å². The van der Waals surface area contributed by atoms with Crippen molar-refractivity contribution in [3.8, 4) is 5.75 Å². The minimum atomic E-state index is -0.619. The van der Waals surface area contributed by atoms with Gasteiger partial charge < -0.3 is 28.7 Å². The van der Waals surface area contributed by atoms with Crippen molar-refractivity contribution in [3.63, 3.8) is 0 Å². The molecule has 0 spiro atoms. The predicted octanol–water partition coefficient (Wildman–Crippen LogP) is 3.92. The fourth-order valence-corrected chi connectivity index (χ4v) is 4.12. The summed E-state index contributed by atoms with van der Waals surface area (Å²) >= 11 is 0. The molecule has 1 unspecified atom stereocenters. The molecule has 2 aliphatic heterocycles. The van der Waals surface area contributed by atoms with Crippen LogP contribution in [0.4, 0.5) is 14.4 Å². The molecule has 3 amide bonds. The Labute approximate surface area is 219 Å². The van der Waals surface area contributed by atoms with Crippen LogP contribution in [0.3, 0.4) is 0 Å². The first-order valence-electron chi connectivity index (χ1n) is 13.1. The van der Waals surface area contributed by atoms with Gasteiger partial charge in [0.05, 0.1) is 18.8 Å². The molecule has 11 heteroatoms. The van der Waals surface area contributed by atoms with E-state index in [9.17, 15) is 14.4 Å². The largest absolute Gasteiger partial charge is 0.490 e. The summed E-state index contributed by atoms with van der Waals surface area (Å²) in [7, 11) is 0. The standard InChI is InChI=1S/C26H40N4O7/c1-5-6-16-34-23(31)28-12-9-21(10-13-28)36-25(33)30-15-14-29(24(32)37-26(2,3)4)18-20(30)19-35-22-8-7-11-27-17-22/h7-8,11,17,20-21H,5-6,9-10,12-16,18-19H2,1-4H3. The zero-order chi connectivity index (χ0) is 26.8. The van der Waals surface area contributed by atoms with Gasteiger partial charge in [0.25, 0.3) is 0 Å². The van der Waals surface area contributed by atoms with Crippen LogP contribution < -0.4 is 4.74 Å². The highest BCUT2D eigenvalue weighted by atomic mass is 16.6. The van der Waals surface area contributed by atoms with Gasteiger partial charge >= 0.3 is 18.3 Å². The highest BCUT2D eigenvalue weighted by molar-refractivity contribution is 5.71. The van der Waals surface area contributed by atoms with Crippen LogP contribution in [0, 0.1) is 0 Å². The van der Waals surface area contributed by atoms with Gasteiger partial charge in [-0.15, -0.1) is 0 Å². The Hall–Kier alpha value is -3.24. The summed E-state index contributed by atoms with van der Waals surface area (Å²) in [4.78, 5) is 46.9. The Kier molecular flexibility index (Phi) is 10.2. The average molecular weight is 521 g/mol. The lowest BCUT2D eigenvalue weighted by Gasteiger charge is -2.41.